The summed E-state index contributed by atoms with van der Waals surface area (Å²) in [5.74, 6) is 0.546. The van der Waals surface area contributed by atoms with Crippen LogP contribution in [0, 0.1) is 5.41 Å². The van der Waals surface area contributed by atoms with Crippen molar-refractivity contribution in [3.05, 3.63) is 29.8 Å². The van der Waals surface area contributed by atoms with Crippen LogP contribution in [0.4, 0.5) is 4.79 Å². The standard InChI is InChI=1S/C25H39N3O4/c1-24(2,3)32-23(30)28-16-12-25(13-17-28)11-8-15-26-14-6-7-18-31-21-10-5-4-9-20(21)22(29)27-19-25/h4-5,9-10,26H,6-8,11-19H2,1-3H3,(H,27,29). The van der Waals surface area contributed by atoms with Crippen LogP contribution in [-0.2, 0) is 4.74 Å². The second-order valence-electron chi connectivity index (χ2n) is 10.1. The lowest BCUT2D eigenvalue weighted by Crippen LogP contribution is -2.49. The predicted molar refractivity (Wildman–Crippen MR) is 125 cm³/mol. The molecule has 0 unspecified atom stereocenters. The molecule has 1 aromatic rings. The van der Waals surface area contributed by atoms with Crippen LogP contribution in [0.5, 0.6) is 5.75 Å². The van der Waals surface area contributed by atoms with E-state index in [1.807, 2.05) is 45.0 Å². The van der Waals surface area contributed by atoms with E-state index >= 15 is 0 Å². The Morgan fingerprint density at radius 1 is 1.06 bits per heavy atom. The van der Waals surface area contributed by atoms with E-state index in [-0.39, 0.29) is 17.4 Å². The van der Waals surface area contributed by atoms with Crippen molar-refractivity contribution in [1.82, 2.24) is 15.5 Å². The first kappa shape index (κ1) is 24.4. The molecule has 1 aromatic carbocycles. The number of hydrogen-bond acceptors (Lipinski definition) is 5. The summed E-state index contributed by atoms with van der Waals surface area (Å²) in [6, 6.07) is 7.45. The van der Waals surface area contributed by atoms with Gasteiger partial charge in [0.25, 0.3) is 5.91 Å². The Morgan fingerprint density at radius 3 is 2.53 bits per heavy atom. The summed E-state index contributed by atoms with van der Waals surface area (Å²) < 4.78 is 11.5. The Labute approximate surface area is 192 Å². The van der Waals surface area contributed by atoms with Gasteiger partial charge in [0.05, 0.1) is 12.2 Å². The van der Waals surface area contributed by atoms with Crippen LogP contribution >= 0.6 is 0 Å². The Balaban J connectivity index is 1.68. The van der Waals surface area contributed by atoms with Gasteiger partial charge in [-0.2, -0.15) is 0 Å². The highest BCUT2D eigenvalue weighted by atomic mass is 16.6. The van der Waals surface area contributed by atoms with Crippen molar-refractivity contribution in [3.63, 3.8) is 0 Å². The topological polar surface area (TPSA) is 79.9 Å². The highest BCUT2D eigenvalue weighted by molar-refractivity contribution is 5.96. The number of amides is 2. The quantitative estimate of drug-likeness (QED) is 0.632. The van der Waals surface area contributed by atoms with Gasteiger partial charge in [0.1, 0.15) is 11.4 Å². The first-order valence-corrected chi connectivity index (χ1v) is 12.0. The number of benzene rings is 1. The molecule has 2 amide bonds. The third-order valence-electron chi connectivity index (χ3n) is 6.30. The first-order valence-electron chi connectivity index (χ1n) is 12.0. The zero-order valence-electron chi connectivity index (χ0n) is 19.9. The highest BCUT2D eigenvalue weighted by Crippen LogP contribution is 2.36. The Hall–Kier alpha value is -2.28. The minimum atomic E-state index is -0.496. The number of para-hydroxylation sites is 1. The van der Waals surface area contributed by atoms with Gasteiger partial charge in [-0.05, 0) is 89.9 Å². The molecule has 32 heavy (non-hydrogen) atoms. The van der Waals surface area contributed by atoms with Gasteiger partial charge >= 0.3 is 6.09 Å². The van der Waals surface area contributed by atoms with Crippen LogP contribution < -0.4 is 15.4 Å². The second kappa shape index (κ2) is 11.0. The summed E-state index contributed by atoms with van der Waals surface area (Å²) in [7, 11) is 0. The van der Waals surface area contributed by atoms with Crippen LogP contribution in [0.2, 0.25) is 0 Å². The lowest BCUT2D eigenvalue weighted by Gasteiger charge is -2.42. The van der Waals surface area contributed by atoms with Crippen molar-refractivity contribution in [1.29, 1.82) is 0 Å². The van der Waals surface area contributed by atoms with E-state index in [0.717, 1.165) is 51.6 Å². The summed E-state index contributed by atoms with van der Waals surface area (Å²) in [6.07, 6.45) is 5.52. The van der Waals surface area contributed by atoms with E-state index in [2.05, 4.69) is 10.6 Å². The number of nitrogens with zero attached hydrogens (tertiary/aromatic N) is 1. The Kier molecular flexibility index (Phi) is 8.40. The van der Waals surface area contributed by atoms with Gasteiger partial charge in [0.2, 0.25) is 0 Å². The average molecular weight is 446 g/mol. The number of hydrogen-bond donors (Lipinski definition) is 2. The van der Waals surface area contributed by atoms with Gasteiger partial charge in [0.15, 0.2) is 0 Å². The van der Waals surface area contributed by atoms with E-state index in [1.165, 1.54) is 0 Å². The van der Waals surface area contributed by atoms with E-state index < -0.39 is 5.60 Å². The fourth-order valence-electron chi connectivity index (χ4n) is 4.40. The number of nitrogens with one attached hydrogen (secondary N) is 2. The van der Waals surface area contributed by atoms with E-state index in [1.54, 1.807) is 4.90 Å². The molecule has 1 fully saturated rings. The molecule has 0 aromatic heterocycles. The van der Waals surface area contributed by atoms with Crippen molar-refractivity contribution in [2.75, 3.05) is 39.3 Å². The van der Waals surface area contributed by atoms with Gasteiger partial charge in [-0.1, -0.05) is 12.1 Å². The lowest BCUT2D eigenvalue weighted by atomic mass is 9.74. The van der Waals surface area contributed by atoms with Gasteiger partial charge in [-0.25, -0.2) is 4.79 Å². The summed E-state index contributed by atoms with van der Waals surface area (Å²) in [5, 5.41) is 6.71. The monoisotopic (exact) mass is 445 g/mol. The van der Waals surface area contributed by atoms with Crippen LogP contribution in [0.15, 0.2) is 24.3 Å². The van der Waals surface area contributed by atoms with Gasteiger partial charge in [-0.15, -0.1) is 0 Å². The Bertz CT molecular complexity index is 767. The molecule has 0 radical (unpaired) electrons. The number of ether oxygens (including phenoxy) is 2. The van der Waals surface area contributed by atoms with Gasteiger partial charge in [0, 0.05) is 19.6 Å². The van der Waals surface area contributed by atoms with Crippen LogP contribution in [0.3, 0.4) is 0 Å². The first-order chi connectivity index (χ1) is 15.3. The van der Waals surface area contributed by atoms with Crippen molar-refractivity contribution in [2.45, 2.75) is 64.9 Å². The third kappa shape index (κ3) is 7.12. The van der Waals surface area contributed by atoms with Crippen molar-refractivity contribution in [3.8, 4) is 5.75 Å². The van der Waals surface area contributed by atoms with Crippen LogP contribution in [-0.4, -0.2) is 61.8 Å². The molecule has 1 spiro atoms. The highest BCUT2D eigenvalue weighted by Gasteiger charge is 2.37. The van der Waals surface area contributed by atoms with E-state index in [0.29, 0.717) is 37.6 Å². The van der Waals surface area contributed by atoms with Crippen LogP contribution in [0.1, 0.15) is 69.7 Å². The van der Waals surface area contributed by atoms with Crippen molar-refractivity contribution >= 4 is 12.0 Å². The summed E-state index contributed by atoms with van der Waals surface area (Å²) >= 11 is 0. The smallest absolute Gasteiger partial charge is 0.410 e. The fraction of sp³-hybridized carbons (Fsp3) is 0.680. The molecule has 2 aliphatic rings. The molecule has 2 aliphatic heterocycles. The number of carbonyl (C=O) groups excluding carboxylic acids is 2. The van der Waals surface area contributed by atoms with Crippen LogP contribution in [0.25, 0.3) is 0 Å². The molecule has 1 saturated heterocycles. The maximum Gasteiger partial charge on any atom is 0.410 e. The fourth-order valence-corrected chi connectivity index (χ4v) is 4.40. The minimum absolute atomic E-state index is 0.0220. The molecule has 0 bridgehead atoms. The molecular weight excluding hydrogens is 406 g/mol. The molecular formula is C25H39N3O4. The SMILES string of the molecule is CC(C)(C)OC(=O)N1CCC2(CCCNCCCCOc3ccccc3C(=O)NC2)CC1. The summed E-state index contributed by atoms with van der Waals surface area (Å²) in [5.41, 5.74) is 0.0674. The largest absolute Gasteiger partial charge is 0.493 e. The molecule has 0 saturated carbocycles. The maximum absolute atomic E-state index is 13.0. The third-order valence-corrected chi connectivity index (χ3v) is 6.30. The Morgan fingerprint density at radius 2 is 1.78 bits per heavy atom. The molecule has 178 valence electrons. The number of rotatable bonds is 0. The normalized spacial score (nSPS) is 20.8. The molecule has 7 heteroatoms. The second-order valence-corrected chi connectivity index (χ2v) is 10.1. The molecule has 2 N–H and O–H groups in total. The predicted octanol–water partition coefficient (Wildman–Crippen LogP) is 3.98. The minimum Gasteiger partial charge on any atom is -0.493 e. The van der Waals surface area contributed by atoms with E-state index in [9.17, 15) is 9.59 Å². The van der Waals surface area contributed by atoms with Gasteiger partial charge < -0.3 is 25.0 Å². The number of fused-ring (bicyclic) bond motifs is 1. The van der Waals surface area contributed by atoms with Crippen molar-refractivity contribution < 1.29 is 19.1 Å². The summed E-state index contributed by atoms with van der Waals surface area (Å²) in [6.45, 7) is 10.1. The van der Waals surface area contributed by atoms with Gasteiger partial charge in [-0.3, -0.25) is 4.79 Å². The number of piperidine rings is 1. The zero-order valence-corrected chi connectivity index (χ0v) is 19.9. The average Bonchev–Trinajstić information content (AvgIpc) is 2.76. The molecule has 3 rings (SSSR count). The zero-order chi connectivity index (χ0) is 23.0. The number of likely N-dealkylation sites (tertiary alicyclic amines) is 1. The summed E-state index contributed by atoms with van der Waals surface area (Å²) in [4.78, 5) is 27.3. The molecule has 0 atom stereocenters. The molecule has 2 heterocycles. The molecule has 0 aliphatic carbocycles. The maximum atomic E-state index is 13.0. The molecule has 7 nitrogen and oxygen atoms in total. The van der Waals surface area contributed by atoms with E-state index in [4.69, 9.17) is 9.47 Å². The van der Waals surface area contributed by atoms with Crippen molar-refractivity contribution in [2.24, 2.45) is 5.41 Å². The number of carbonyl (C=O) groups is 2. The lowest BCUT2D eigenvalue weighted by molar-refractivity contribution is 0.00854.